The Bertz CT molecular complexity index is 1010. The number of imide groups is 1. The van der Waals surface area contributed by atoms with Crippen LogP contribution in [0.1, 0.15) is 32.8 Å². The number of carbonyl (C=O) groups is 3. The molecule has 0 atom stereocenters. The van der Waals surface area contributed by atoms with Gasteiger partial charge in [0.15, 0.2) is 11.5 Å². The average molecular weight is 516 g/mol. The number of rotatable bonds is 8. The first kappa shape index (κ1) is 28.0. The molecule has 1 aromatic rings. The van der Waals surface area contributed by atoms with Crippen LogP contribution in [0.15, 0.2) is 30.4 Å². The molecule has 2 aliphatic heterocycles. The van der Waals surface area contributed by atoms with Crippen molar-refractivity contribution in [3.8, 4) is 17.2 Å². The van der Waals surface area contributed by atoms with Crippen LogP contribution in [0.2, 0.25) is 0 Å². The Labute approximate surface area is 218 Å². The third kappa shape index (κ3) is 7.98. The minimum absolute atomic E-state index is 0.284. The molecule has 202 valence electrons. The van der Waals surface area contributed by atoms with Crippen molar-refractivity contribution in [2.45, 2.75) is 32.8 Å². The van der Waals surface area contributed by atoms with E-state index in [-0.39, 0.29) is 17.9 Å². The summed E-state index contributed by atoms with van der Waals surface area (Å²) in [5.74, 6) is 0.721. The molecule has 0 N–H and O–H groups in total. The highest BCUT2D eigenvalue weighted by molar-refractivity contribution is 6.06. The minimum atomic E-state index is -0.509. The third-order valence-corrected chi connectivity index (χ3v) is 5.89. The van der Waals surface area contributed by atoms with Gasteiger partial charge < -0.3 is 23.8 Å². The second kappa shape index (κ2) is 12.6. The predicted molar refractivity (Wildman–Crippen MR) is 139 cm³/mol. The molecule has 37 heavy (non-hydrogen) atoms. The van der Waals surface area contributed by atoms with Gasteiger partial charge in [-0.2, -0.15) is 0 Å². The number of methoxy groups -OCH3 is 2. The quantitative estimate of drug-likeness (QED) is 0.488. The molecule has 1 fully saturated rings. The lowest BCUT2D eigenvalue weighted by molar-refractivity contribution is -0.139. The maximum atomic E-state index is 12.4. The van der Waals surface area contributed by atoms with E-state index < -0.39 is 5.60 Å². The summed E-state index contributed by atoms with van der Waals surface area (Å²) in [7, 11) is 3.07. The van der Waals surface area contributed by atoms with Gasteiger partial charge in [0, 0.05) is 45.3 Å². The predicted octanol–water partition coefficient (Wildman–Crippen LogP) is 2.96. The molecule has 3 rings (SSSR count). The number of hydrogen-bond donors (Lipinski definition) is 0. The number of benzene rings is 1. The average Bonchev–Trinajstić information content (AvgIpc) is 2.87. The molecule has 2 heterocycles. The van der Waals surface area contributed by atoms with Crippen LogP contribution in [0.25, 0.3) is 6.08 Å². The van der Waals surface area contributed by atoms with Crippen LogP contribution in [0, 0.1) is 0 Å². The van der Waals surface area contributed by atoms with E-state index in [1.807, 2.05) is 20.8 Å². The van der Waals surface area contributed by atoms with Crippen LogP contribution in [0.5, 0.6) is 17.2 Å². The van der Waals surface area contributed by atoms with E-state index in [0.29, 0.717) is 62.0 Å². The van der Waals surface area contributed by atoms with E-state index in [1.165, 1.54) is 31.3 Å². The molecule has 0 aliphatic carbocycles. The molecule has 0 bridgehead atoms. The smallest absolute Gasteiger partial charge is 0.410 e. The minimum Gasteiger partial charge on any atom is -0.493 e. The highest BCUT2D eigenvalue weighted by atomic mass is 16.6. The fourth-order valence-electron chi connectivity index (χ4n) is 3.96. The Kier molecular flexibility index (Phi) is 9.57. The summed E-state index contributed by atoms with van der Waals surface area (Å²) in [4.78, 5) is 41.7. The zero-order chi connectivity index (χ0) is 27.0. The molecule has 10 heteroatoms. The lowest BCUT2D eigenvalue weighted by atomic mass is 10.1. The van der Waals surface area contributed by atoms with Crippen LogP contribution in [0.3, 0.4) is 0 Å². The summed E-state index contributed by atoms with van der Waals surface area (Å²) in [5.41, 5.74) is 0.165. The maximum Gasteiger partial charge on any atom is 0.410 e. The molecule has 0 spiro atoms. The number of amides is 3. The molecular formula is C27H37N3O7. The monoisotopic (exact) mass is 515 g/mol. The van der Waals surface area contributed by atoms with E-state index >= 15 is 0 Å². The van der Waals surface area contributed by atoms with Gasteiger partial charge in [0.1, 0.15) is 12.2 Å². The maximum absolute atomic E-state index is 12.4. The van der Waals surface area contributed by atoms with Crippen molar-refractivity contribution in [2.75, 3.05) is 60.1 Å². The highest BCUT2D eigenvalue weighted by Gasteiger charge is 2.26. The number of nitrogens with zero attached hydrogens (tertiary/aromatic N) is 3. The van der Waals surface area contributed by atoms with Crippen LogP contribution in [0.4, 0.5) is 4.79 Å². The summed E-state index contributed by atoms with van der Waals surface area (Å²) in [6.07, 6.45) is 6.52. The first-order valence-electron chi connectivity index (χ1n) is 12.4. The van der Waals surface area contributed by atoms with Crippen LogP contribution >= 0.6 is 0 Å². The van der Waals surface area contributed by atoms with Crippen molar-refractivity contribution in [1.29, 1.82) is 0 Å². The Balaban J connectivity index is 1.56. The summed E-state index contributed by atoms with van der Waals surface area (Å²) >= 11 is 0. The Morgan fingerprint density at radius 1 is 1.00 bits per heavy atom. The van der Waals surface area contributed by atoms with Crippen molar-refractivity contribution < 1.29 is 33.3 Å². The summed E-state index contributed by atoms with van der Waals surface area (Å²) < 4.78 is 22.5. The normalized spacial score (nSPS) is 16.7. The van der Waals surface area contributed by atoms with Gasteiger partial charge in [-0.3, -0.25) is 19.4 Å². The van der Waals surface area contributed by atoms with Crippen molar-refractivity contribution in [3.63, 3.8) is 0 Å². The first-order chi connectivity index (χ1) is 17.6. The highest BCUT2D eigenvalue weighted by Crippen LogP contribution is 2.39. The summed E-state index contributed by atoms with van der Waals surface area (Å²) in [6, 6.07) is 3.50. The second-order valence-electron chi connectivity index (χ2n) is 9.76. The molecule has 0 unspecified atom stereocenters. The van der Waals surface area contributed by atoms with E-state index in [1.54, 1.807) is 29.2 Å². The number of carbonyl (C=O) groups excluding carboxylic acids is 3. The molecule has 1 aromatic carbocycles. The molecular weight excluding hydrogens is 478 g/mol. The number of hydrogen-bond acceptors (Lipinski definition) is 8. The second-order valence-corrected chi connectivity index (χ2v) is 9.76. The van der Waals surface area contributed by atoms with Crippen molar-refractivity contribution in [2.24, 2.45) is 0 Å². The van der Waals surface area contributed by atoms with Gasteiger partial charge in [0.2, 0.25) is 5.75 Å². The molecule has 2 aliphatic rings. The van der Waals surface area contributed by atoms with Crippen LogP contribution in [-0.2, 0) is 14.3 Å². The van der Waals surface area contributed by atoms with Gasteiger partial charge in [-0.15, -0.1) is 0 Å². The Morgan fingerprint density at radius 2 is 1.65 bits per heavy atom. The first-order valence-corrected chi connectivity index (χ1v) is 12.4. The lowest BCUT2D eigenvalue weighted by Crippen LogP contribution is -2.50. The van der Waals surface area contributed by atoms with Gasteiger partial charge in [-0.1, -0.05) is 6.08 Å². The zero-order valence-electron chi connectivity index (χ0n) is 22.3. The van der Waals surface area contributed by atoms with Crippen LogP contribution in [-0.4, -0.2) is 98.3 Å². The summed E-state index contributed by atoms with van der Waals surface area (Å²) in [6.45, 7) is 9.67. The Morgan fingerprint density at radius 3 is 2.22 bits per heavy atom. The molecule has 0 saturated carbocycles. The van der Waals surface area contributed by atoms with Crippen molar-refractivity contribution in [1.82, 2.24) is 14.7 Å². The molecule has 3 amide bonds. The SMILES string of the molecule is COc1cc(/C=C/C(=O)N2CCC=CC2=O)cc(OC)c1OCCN1CCN(C(=O)OC(C)(C)C)CC1. The fourth-order valence-corrected chi connectivity index (χ4v) is 3.96. The van der Waals surface area contributed by atoms with Gasteiger partial charge in [0.25, 0.3) is 11.8 Å². The van der Waals surface area contributed by atoms with E-state index in [2.05, 4.69) is 4.90 Å². The van der Waals surface area contributed by atoms with E-state index in [4.69, 9.17) is 18.9 Å². The van der Waals surface area contributed by atoms with Gasteiger partial charge in [-0.05, 0) is 57.0 Å². The van der Waals surface area contributed by atoms with E-state index in [0.717, 1.165) is 13.1 Å². The van der Waals surface area contributed by atoms with Crippen molar-refractivity contribution in [3.05, 3.63) is 35.9 Å². The van der Waals surface area contributed by atoms with E-state index in [9.17, 15) is 14.4 Å². The topological polar surface area (TPSA) is 97.9 Å². The number of ether oxygens (including phenoxy) is 4. The molecule has 0 aromatic heterocycles. The lowest BCUT2D eigenvalue weighted by Gasteiger charge is -2.35. The number of piperazine rings is 1. The van der Waals surface area contributed by atoms with Crippen molar-refractivity contribution >= 4 is 24.0 Å². The largest absolute Gasteiger partial charge is 0.493 e. The van der Waals surface area contributed by atoms with Gasteiger partial charge >= 0.3 is 6.09 Å². The van der Waals surface area contributed by atoms with Crippen LogP contribution < -0.4 is 14.2 Å². The van der Waals surface area contributed by atoms with Gasteiger partial charge in [-0.25, -0.2) is 4.79 Å². The fraction of sp³-hybridized carbons (Fsp3) is 0.519. The molecule has 1 saturated heterocycles. The molecule has 10 nitrogen and oxygen atoms in total. The Hall–Kier alpha value is -3.53. The standard InChI is InChI=1S/C27H37N3O7/c1-27(2,3)37-26(33)29-14-12-28(13-15-29)16-17-36-25-21(34-4)18-20(19-22(25)35-5)9-10-24(32)30-11-7-6-8-23(30)31/h6,8-10,18-19H,7,11-17H2,1-5H3/b10-9+. The summed E-state index contributed by atoms with van der Waals surface area (Å²) in [5, 5.41) is 0. The molecule has 0 radical (unpaired) electrons. The zero-order valence-corrected chi connectivity index (χ0v) is 22.3. The van der Waals surface area contributed by atoms with Gasteiger partial charge in [0.05, 0.1) is 14.2 Å². The third-order valence-electron chi connectivity index (χ3n) is 5.89.